The molecular weight excluding hydrogens is 158 g/mol. The quantitative estimate of drug-likeness (QED) is 0.546. The molecule has 0 aromatic heterocycles. The van der Waals surface area contributed by atoms with Crippen molar-refractivity contribution >= 4 is 5.91 Å². The van der Waals surface area contributed by atoms with E-state index in [9.17, 15) is 9.90 Å². The van der Waals surface area contributed by atoms with Crippen LogP contribution in [0, 0.1) is 5.92 Å². The molecule has 0 aliphatic carbocycles. The topological polar surface area (TPSA) is 60.8 Å². The molecule has 0 saturated carbocycles. The van der Waals surface area contributed by atoms with E-state index in [0.29, 0.717) is 13.1 Å². The number of rotatable bonds is 1. The van der Waals surface area contributed by atoms with Crippen molar-refractivity contribution in [1.82, 2.24) is 4.90 Å². The molecule has 3 unspecified atom stereocenters. The molecule has 4 nitrogen and oxygen atoms in total. The summed E-state index contributed by atoms with van der Waals surface area (Å²) in [6.45, 7) is 4.23. The fourth-order valence-electron chi connectivity index (χ4n) is 1.39. The fourth-order valence-corrected chi connectivity index (χ4v) is 1.39. The number of β-amino-alcohol motifs (C(OH)–C–C–N with tert-alkyl or cyclic N) is 1. The van der Waals surface area contributed by atoms with Gasteiger partial charge in [0.1, 0.15) is 6.10 Å². The molecule has 1 aliphatic heterocycles. The largest absolute Gasteiger partial charge is 0.391 e. The smallest absolute Gasteiger partial charge is 0.251 e. The molecule has 2 N–H and O–H groups in total. The molecule has 1 heterocycles. The highest BCUT2D eigenvalue weighted by molar-refractivity contribution is 5.80. The predicted molar refractivity (Wildman–Crippen MR) is 43.4 cm³/mol. The number of hydrogen-bond donors (Lipinski definition) is 2. The third-order valence-corrected chi connectivity index (χ3v) is 2.24. The molecule has 1 amide bonds. The molecule has 0 aromatic rings. The maximum Gasteiger partial charge on any atom is 0.251 e. The van der Waals surface area contributed by atoms with Gasteiger partial charge in [0.2, 0.25) is 0 Å². The third kappa shape index (κ3) is 1.76. The number of aliphatic hydroxyl groups excluding tert-OH is 2. The second kappa shape index (κ2) is 3.41. The van der Waals surface area contributed by atoms with E-state index in [-0.39, 0.29) is 11.8 Å². The highest BCUT2D eigenvalue weighted by Gasteiger charge is 2.32. The van der Waals surface area contributed by atoms with Crippen LogP contribution in [-0.4, -0.2) is 46.3 Å². The van der Waals surface area contributed by atoms with Gasteiger partial charge in [-0.15, -0.1) is 0 Å². The molecule has 0 spiro atoms. The van der Waals surface area contributed by atoms with Crippen molar-refractivity contribution in [3.8, 4) is 0 Å². The normalized spacial score (nSPS) is 32.2. The van der Waals surface area contributed by atoms with Crippen LogP contribution in [0.2, 0.25) is 0 Å². The van der Waals surface area contributed by atoms with Gasteiger partial charge in [0.25, 0.3) is 5.91 Å². The molecule has 1 rings (SSSR count). The van der Waals surface area contributed by atoms with Crippen molar-refractivity contribution in [1.29, 1.82) is 0 Å². The second-order valence-electron chi connectivity index (χ2n) is 3.46. The van der Waals surface area contributed by atoms with Crippen molar-refractivity contribution in [2.24, 2.45) is 5.92 Å². The Labute approximate surface area is 71.8 Å². The van der Waals surface area contributed by atoms with Gasteiger partial charge in [0.15, 0.2) is 0 Å². The molecule has 3 atom stereocenters. The van der Waals surface area contributed by atoms with Gasteiger partial charge in [-0.25, -0.2) is 0 Å². The van der Waals surface area contributed by atoms with E-state index in [2.05, 4.69) is 0 Å². The van der Waals surface area contributed by atoms with E-state index in [1.807, 2.05) is 6.92 Å². The van der Waals surface area contributed by atoms with Crippen LogP contribution in [0.25, 0.3) is 0 Å². The summed E-state index contributed by atoms with van der Waals surface area (Å²) < 4.78 is 0. The summed E-state index contributed by atoms with van der Waals surface area (Å²) in [5, 5.41) is 18.3. The second-order valence-corrected chi connectivity index (χ2v) is 3.46. The van der Waals surface area contributed by atoms with Gasteiger partial charge in [-0.2, -0.15) is 0 Å². The minimum absolute atomic E-state index is 0.118. The van der Waals surface area contributed by atoms with Gasteiger partial charge in [0.05, 0.1) is 6.10 Å². The average molecular weight is 173 g/mol. The highest BCUT2D eigenvalue weighted by Crippen LogP contribution is 2.16. The highest BCUT2D eigenvalue weighted by atomic mass is 16.3. The molecular formula is C8H15NO3. The van der Waals surface area contributed by atoms with Crippen LogP contribution in [0.5, 0.6) is 0 Å². The van der Waals surface area contributed by atoms with Crippen molar-refractivity contribution in [2.75, 3.05) is 13.1 Å². The van der Waals surface area contributed by atoms with E-state index < -0.39 is 12.2 Å². The Kier molecular flexibility index (Phi) is 2.69. The van der Waals surface area contributed by atoms with Crippen LogP contribution in [0.3, 0.4) is 0 Å². The summed E-state index contributed by atoms with van der Waals surface area (Å²) in [6.07, 6.45) is -1.39. The number of aliphatic hydroxyl groups is 2. The molecule has 12 heavy (non-hydrogen) atoms. The number of likely N-dealkylation sites (tertiary alicyclic amines) is 1. The zero-order valence-electron chi connectivity index (χ0n) is 7.40. The fraction of sp³-hybridized carbons (Fsp3) is 0.875. The lowest BCUT2D eigenvalue weighted by atomic mass is 10.1. The van der Waals surface area contributed by atoms with E-state index in [4.69, 9.17) is 5.11 Å². The Morgan fingerprint density at radius 1 is 1.58 bits per heavy atom. The van der Waals surface area contributed by atoms with Crippen molar-refractivity contribution in [3.63, 3.8) is 0 Å². The van der Waals surface area contributed by atoms with Crippen LogP contribution < -0.4 is 0 Å². The minimum atomic E-state index is -0.956. The molecule has 1 fully saturated rings. The van der Waals surface area contributed by atoms with Gasteiger partial charge < -0.3 is 15.1 Å². The number of amides is 1. The van der Waals surface area contributed by atoms with E-state index in [1.165, 1.54) is 11.8 Å². The Morgan fingerprint density at radius 2 is 2.17 bits per heavy atom. The van der Waals surface area contributed by atoms with Crippen molar-refractivity contribution in [2.45, 2.75) is 26.1 Å². The maximum atomic E-state index is 11.2. The third-order valence-electron chi connectivity index (χ3n) is 2.24. The predicted octanol–water partition coefficient (Wildman–Crippen LogP) is -0.794. The maximum absolute atomic E-state index is 11.2. The van der Waals surface area contributed by atoms with Gasteiger partial charge >= 0.3 is 0 Å². The number of carbonyl (C=O) groups is 1. The summed E-state index contributed by atoms with van der Waals surface area (Å²) in [5.74, 6) is -0.175. The van der Waals surface area contributed by atoms with Gasteiger partial charge in [0, 0.05) is 19.0 Å². The zero-order valence-corrected chi connectivity index (χ0v) is 7.40. The summed E-state index contributed by atoms with van der Waals surface area (Å²) in [6, 6.07) is 0. The SMILES string of the molecule is CC(O)C(=O)N1CC(C)C(O)C1. The van der Waals surface area contributed by atoms with Gasteiger partial charge in [-0.1, -0.05) is 6.92 Å². The number of carbonyl (C=O) groups excluding carboxylic acids is 1. The van der Waals surface area contributed by atoms with Crippen LogP contribution in [-0.2, 0) is 4.79 Å². The van der Waals surface area contributed by atoms with Gasteiger partial charge in [-0.05, 0) is 6.92 Å². The summed E-state index contributed by atoms with van der Waals surface area (Å²) in [7, 11) is 0. The lowest BCUT2D eigenvalue weighted by Crippen LogP contribution is -2.36. The van der Waals surface area contributed by atoms with Crippen molar-refractivity contribution in [3.05, 3.63) is 0 Å². The molecule has 70 valence electrons. The van der Waals surface area contributed by atoms with E-state index in [0.717, 1.165) is 0 Å². The van der Waals surface area contributed by atoms with Crippen LogP contribution >= 0.6 is 0 Å². The van der Waals surface area contributed by atoms with Crippen molar-refractivity contribution < 1.29 is 15.0 Å². The van der Waals surface area contributed by atoms with E-state index >= 15 is 0 Å². The standard InChI is InChI=1S/C8H15NO3/c1-5-3-9(4-7(5)11)8(12)6(2)10/h5-7,10-11H,3-4H2,1-2H3. The first-order valence-corrected chi connectivity index (χ1v) is 4.17. The Hall–Kier alpha value is -0.610. The lowest BCUT2D eigenvalue weighted by molar-refractivity contribution is -0.138. The monoisotopic (exact) mass is 173 g/mol. The lowest BCUT2D eigenvalue weighted by Gasteiger charge is -2.16. The molecule has 0 aromatic carbocycles. The zero-order chi connectivity index (χ0) is 9.30. The first kappa shape index (κ1) is 9.48. The Bertz CT molecular complexity index is 171. The van der Waals surface area contributed by atoms with Crippen LogP contribution in [0.1, 0.15) is 13.8 Å². The molecule has 0 bridgehead atoms. The average Bonchev–Trinajstić information content (AvgIpc) is 2.30. The summed E-state index contributed by atoms with van der Waals surface area (Å²) in [5.41, 5.74) is 0. The van der Waals surface area contributed by atoms with Gasteiger partial charge in [-0.3, -0.25) is 4.79 Å². The summed E-state index contributed by atoms with van der Waals surface area (Å²) in [4.78, 5) is 12.7. The van der Waals surface area contributed by atoms with Crippen LogP contribution in [0.15, 0.2) is 0 Å². The number of nitrogens with zero attached hydrogens (tertiary/aromatic N) is 1. The van der Waals surface area contributed by atoms with Crippen LogP contribution in [0.4, 0.5) is 0 Å². The first-order valence-electron chi connectivity index (χ1n) is 4.17. The number of hydrogen-bond acceptors (Lipinski definition) is 3. The Balaban J connectivity index is 2.52. The molecule has 1 saturated heterocycles. The molecule has 4 heteroatoms. The molecule has 1 aliphatic rings. The Morgan fingerprint density at radius 3 is 2.50 bits per heavy atom. The minimum Gasteiger partial charge on any atom is -0.391 e. The summed E-state index contributed by atoms with van der Waals surface area (Å²) >= 11 is 0. The first-order chi connectivity index (χ1) is 5.52. The molecule has 0 radical (unpaired) electrons. The van der Waals surface area contributed by atoms with E-state index in [1.54, 1.807) is 0 Å².